The van der Waals surface area contributed by atoms with Gasteiger partial charge in [-0.15, -0.1) is 22.7 Å². The first-order valence-corrected chi connectivity index (χ1v) is 28.0. The molecule has 7 heterocycles. The van der Waals surface area contributed by atoms with Crippen LogP contribution in [0.5, 0.6) is 0 Å². The van der Waals surface area contributed by atoms with E-state index in [0.29, 0.717) is 17.6 Å². The van der Waals surface area contributed by atoms with E-state index in [1.165, 1.54) is 36.5 Å². The largest absolute Gasteiger partial charge is 0.295 e. The van der Waals surface area contributed by atoms with Gasteiger partial charge >= 0.3 is 0 Å². The third kappa shape index (κ3) is 8.11. The van der Waals surface area contributed by atoms with Crippen molar-refractivity contribution in [1.29, 1.82) is 0 Å². The Hall–Kier alpha value is -9.74. The lowest BCUT2D eigenvalue weighted by molar-refractivity contribution is 0.661. The number of fused-ring (bicyclic) bond motifs is 7. The van der Waals surface area contributed by atoms with E-state index in [-0.39, 0.29) is 5.41 Å². The molecule has 0 atom stereocenters. The summed E-state index contributed by atoms with van der Waals surface area (Å²) in [5.41, 5.74) is 16.8. The minimum Gasteiger partial charge on any atom is -0.295 e. The second kappa shape index (κ2) is 18.8. The standard InChI is InChI=1S/C69H46N8S2/c1-69(2)54-27-10-9-26-50(54)51-39-53-52-38-47(32-33-59(52)77(60(53)40-55(51)69)68-74-66(43-18-5-3-6-19-43)73-67(75-68)44-20-7-4-8-21-44)61-41-63-64(78-61)42-62(79-63)58-30-17-31-65(72-58)76(48-24-15-22-45(36-48)56-28-11-13-34-70-56)49-25-16-23-46(37-49)57-29-12-14-35-71-57/h3-42H,1-2H3. The van der Waals surface area contributed by atoms with Crippen LogP contribution in [0.25, 0.3) is 115 Å². The molecule has 15 rings (SSSR count). The van der Waals surface area contributed by atoms with Crippen molar-refractivity contribution >= 4 is 71.1 Å². The highest BCUT2D eigenvalue weighted by molar-refractivity contribution is 7.31. The Labute approximate surface area is 464 Å². The highest BCUT2D eigenvalue weighted by Gasteiger charge is 2.36. The fourth-order valence-corrected chi connectivity index (χ4v) is 13.7. The van der Waals surface area contributed by atoms with Crippen LogP contribution in [-0.2, 0) is 5.41 Å². The van der Waals surface area contributed by atoms with E-state index in [2.05, 4.69) is 191 Å². The van der Waals surface area contributed by atoms with Crippen molar-refractivity contribution in [3.8, 4) is 83.4 Å². The van der Waals surface area contributed by atoms with Gasteiger partial charge in [-0.05, 0) is 125 Å². The summed E-state index contributed by atoms with van der Waals surface area (Å²) >= 11 is 3.59. The number of benzene rings is 7. The average molecular weight is 1050 g/mol. The van der Waals surface area contributed by atoms with Gasteiger partial charge in [0, 0.05) is 76.5 Å². The first kappa shape index (κ1) is 46.6. The Balaban J connectivity index is 0.839. The number of hydrogen-bond donors (Lipinski definition) is 0. The lowest BCUT2D eigenvalue weighted by Gasteiger charge is -2.25. The van der Waals surface area contributed by atoms with Gasteiger partial charge in [-0.25, -0.2) is 9.97 Å². The van der Waals surface area contributed by atoms with Crippen molar-refractivity contribution in [2.24, 2.45) is 0 Å². The second-order valence-electron chi connectivity index (χ2n) is 20.4. The van der Waals surface area contributed by atoms with Crippen LogP contribution in [0.15, 0.2) is 243 Å². The van der Waals surface area contributed by atoms with Crippen LogP contribution in [0.3, 0.4) is 0 Å². The molecule has 7 aromatic carbocycles. The number of rotatable bonds is 10. The van der Waals surface area contributed by atoms with Crippen LogP contribution in [-0.4, -0.2) is 34.5 Å². The van der Waals surface area contributed by atoms with E-state index < -0.39 is 0 Å². The molecule has 79 heavy (non-hydrogen) atoms. The molecule has 0 saturated carbocycles. The molecule has 1 aliphatic carbocycles. The number of nitrogens with zero attached hydrogens (tertiary/aromatic N) is 8. The number of hydrogen-bond acceptors (Lipinski definition) is 9. The fraction of sp³-hybridized carbons (Fsp3) is 0.0435. The third-order valence-electron chi connectivity index (χ3n) is 15.2. The topological polar surface area (TPSA) is 85.5 Å². The summed E-state index contributed by atoms with van der Waals surface area (Å²) in [5, 5.41) is 2.29. The van der Waals surface area contributed by atoms with Gasteiger partial charge in [-0.1, -0.05) is 147 Å². The monoisotopic (exact) mass is 1050 g/mol. The minimum absolute atomic E-state index is 0.202. The molecule has 0 amide bonds. The summed E-state index contributed by atoms with van der Waals surface area (Å²) in [7, 11) is 0. The Bertz CT molecular complexity index is 4470. The zero-order chi connectivity index (χ0) is 52.6. The molecule has 0 fully saturated rings. The van der Waals surface area contributed by atoms with Gasteiger partial charge in [0.05, 0.1) is 33.0 Å². The molecule has 1 aliphatic rings. The van der Waals surface area contributed by atoms with Crippen LogP contribution >= 0.6 is 22.7 Å². The highest BCUT2D eigenvalue weighted by Crippen LogP contribution is 2.52. The SMILES string of the molecule is CC1(C)c2ccccc2-c2cc3c4cc(-c5cc6sc(-c7cccc(N(c8cccc(-c9ccccn9)c8)c8cccc(-c9ccccn9)c8)n7)cc6s5)ccc4n(-c4nc(-c5ccccc5)nc(-c5ccccc5)n4)c3cc21. The van der Waals surface area contributed by atoms with Crippen LogP contribution in [0.4, 0.5) is 17.2 Å². The van der Waals surface area contributed by atoms with Gasteiger partial charge in [-0.3, -0.25) is 19.4 Å². The van der Waals surface area contributed by atoms with Crippen LogP contribution in [0.1, 0.15) is 25.0 Å². The lowest BCUT2D eigenvalue weighted by atomic mass is 9.82. The first-order valence-electron chi connectivity index (χ1n) is 26.3. The molecule has 0 bridgehead atoms. The van der Waals surface area contributed by atoms with Crippen molar-refractivity contribution in [3.63, 3.8) is 0 Å². The minimum atomic E-state index is -0.202. The molecular formula is C69H46N8S2. The maximum atomic E-state index is 5.43. The molecule has 7 aromatic heterocycles. The number of aromatic nitrogens is 7. The highest BCUT2D eigenvalue weighted by atomic mass is 32.1. The summed E-state index contributed by atoms with van der Waals surface area (Å²) in [6.45, 7) is 4.67. The van der Waals surface area contributed by atoms with E-state index in [1.807, 2.05) is 96.5 Å². The van der Waals surface area contributed by atoms with E-state index in [1.54, 1.807) is 11.3 Å². The van der Waals surface area contributed by atoms with Crippen molar-refractivity contribution in [3.05, 3.63) is 254 Å². The van der Waals surface area contributed by atoms with Crippen molar-refractivity contribution in [2.45, 2.75) is 19.3 Å². The normalized spacial score (nSPS) is 12.5. The van der Waals surface area contributed by atoms with Gasteiger partial charge in [-0.2, -0.15) is 9.97 Å². The van der Waals surface area contributed by atoms with Crippen LogP contribution in [0.2, 0.25) is 0 Å². The molecule has 0 radical (unpaired) electrons. The van der Waals surface area contributed by atoms with Crippen molar-refractivity contribution in [1.82, 2.24) is 34.5 Å². The zero-order valence-electron chi connectivity index (χ0n) is 43.0. The third-order valence-corrected chi connectivity index (χ3v) is 17.6. The Morgan fingerprint density at radius 2 is 0.962 bits per heavy atom. The molecule has 0 aliphatic heterocycles. The van der Waals surface area contributed by atoms with Crippen molar-refractivity contribution in [2.75, 3.05) is 4.90 Å². The van der Waals surface area contributed by atoms with Crippen LogP contribution in [0, 0.1) is 0 Å². The maximum Gasteiger partial charge on any atom is 0.238 e. The predicted octanol–water partition coefficient (Wildman–Crippen LogP) is 18.2. The van der Waals surface area contributed by atoms with Gasteiger partial charge in [0.15, 0.2) is 11.6 Å². The summed E-state index contributed by atoms with van der Waals surface area (Å²) in [6.07, 6.45) is 3.67. The Kier molecular flexibility index (Phi) is 11.1. The van der Waals surface area contributed by atoms with Gasteiger partial charge in [0.25, 0.3) is 0 Å². The van der Waals surface area contributed by atoms with Gasteiger partial charge in [0.2, 0.25) is 5.95 Å². The molecule has 14 aromatic rings. The van der Waals surface area contributed by atoms with E-state index in [0.717, 1.165) is 88.8 Å². The van der Waals surface area contributed by atoms with Gasteiger partial charge in [0.1, 0.15) is 5.82 Å². The molecule has 0 spiro atoms. The molecule has 8 nitrogen and oxygen atoms in total. The molecular weight excluding hydrogens is 1000 g/mol. The molecule has 0 N–H and O–H groups in total. The summed E-state index contributed by atoms with van der Waals surface area (Å²) in [4.78, 5) is 35.0. The predicted molar refractivity (Wildman–Crippen MR) is 326 cm³/mol. The summed E-state index contributed by atoms with van der Waals surface area (Å²) < 4.78 is 4.69. The second-order valence-corrected chi connectivity index (χ2v) is 22.5. The molecule has 374 valence electrons. The Morgan fingerprint density at radius 1 is 0.392 bits per heavy atom. The van der Waals surface area contributed by atoms with E-state index >= 15 is 0 Å². The lowest BCUT2D eigenvalue weighted by Crippen LogP contribution is -2.15. The first-order chi connectivity index (χ1) is 38.9. The van der Waals surface area contributed by atoms with E-state index in [4.69, 9.17) is 19.9 Å². The van der Waals surface area contributed by atoms with Crippen molar-refractivity contribution < 1.29 is 0 Å². The number of anilines is 3. The summed E-state index contributed by atoms with van der Waals surface area (Å²) in [5.74, 6) is 2.64. The quantitative estimate of drug-likeness (QED) is 0.135. The molecule has 10 heteroatoms. The van der Waals surface area contributed by atoms with E-state index in [9.17, 15) is 0 Å². The average Bonchev–Trinajstić information content (AvgIpc) is 3.59. The van der Waals surface area contributed by atoms with Gasteiger partial charge < -0.3 is 0 Å². The smallest absolute Gasteiger partial charge is 0.238 e. The summed E-state index contributed by atoms with van der Waals surface area (Å²) in [6, 6.07) is 80.9. The van der Waals surface area contributed by atoms with Crippen LogP contribution < -0.4 is 4.90 Å². The Morgan fingerprint density at radius 3 is 1.62 bits per heavy atom. The molecule has 0 unspecified atom stereocenters. The number of pyridine rings is 3. The maximum absolute atomic E-state index is 5.43. The number of thiophene rings is 2. The fourth-order valence-electron chi connectivity index (χ4n) is 11.4. The molecule has 0 saturated heterocycles. The zero-order valence-corrected chi connectivity index (χ0v) is 44.6.